The van der Waals surface area contributed by atoms with Crippen LogP contribution in [0.25, 0.3) is 0 Å². The van der Waals surface area contributed by atoms with Crippen molar-refractivity contribution in [2.24, 2.45) is 5.92 Å². The monoisotopic (exact) mass is 442 g/mol. The molecule has 0 spiro atoms. The second-order valence-corrected chi connectivity index (χ2v) is 8.16. The molecule has 1 saturated heterocycles. The molecule has 3 amide bonds. The lowest BCUT2D eigenvalue weighted by molar-refractivity contribution is 0.0782. The summed E-state index contributed by atoms with van der Waals surface area (Å²) in [7, 11) is 1.59. The van der Waals surface area contributed by atoms with E-state index in [4.69, 9.17) is 4.74 Å². The van der Waals surface area contributed by atoms with Crippen LogP contribution in [0.3, 0.4) is 0 Å². The molecule has 3 rings (SSSR count). The molecule has 1 aromatic carbocycles. The molecule has 1 atom stereocenters. The molecule has 1 aliphatic rings. The number of benzene rings is 1. The Balaban J connectivity index is 1.32. The quantitative estimate of drug-likeness (QED) is 0.446. The van der Waals surface area contributed by atoms with Crippen molar-refractivity contribution in [1.29, 1.82) is 0 Å². The third-order valence-electron chi connectivity index (χ3n) is 5.80. The molecule has 1 aromatic heterocycles. The van der Waals surface area contributed by atoms with Gasteiger partial charge in [-0.25, -0.2) is 9.78 Å². The highest BCUT2D eigenvalue weighted by molar-refractivity contribution is 5.98. The molecule has 2 N–H and O–H groups in total. The largest absolute Gasteiger partial charge is 0.496 e. The number of pyridine rings is 1. The second-order valence-electron chi connectivity index (χ2n) is 8.16. The van der Waals surface area contributed by atoms with Crippen LogP contribution in [-0.2, 0) is 0 Å². The van der Waals surface area contributed by atoms with E-state index in [0.29, 0.717) is 29.5 Å². The number of nitrogens with zero attached hydrogens (tertiary/aromatic N) is 2. The standard InChI is InChI=1S/C24H31FN4O3/c1-17-7-6-9-20(32-2)22(17)23(30)29-14-11-18(16-29)8-4-3-5-12-27-24(31)28-19-10-13-26-21(25)15-19/h6-7,9-10,13,15,18H,3-5,8,11-12,14,16H2,1-2H3,(H2,26,27,28,31). The first-order valence-electron chi connectivity index (χ1n) is 11.1. The van der Waals surface area contributed by atoms with Gasteiger partial charge in [0.05, 0.1) is 12.7 Å². The summed E-state index contributed by atoms with van der Waals surface area (Å²) in [6.45, 7) is 4.05. The number of urea groups is 1. The predicted molar refractivity (Wildman–Crippen MR) is 121 cm³/mol. The highest BCUT2D eigenvalue weighted by Gasteiger charge is 2.28. The Labute approximate surface area is 188 Å². The summed E-state index contributed by atoms with van der Waals surface area (Å²) in [6, 6.07) is 8.02. The molecule has 1 unspecified atom stereocenters. The summed E-state index contributed by atoms with van der Waals surface area (Å²) in [5, 5.41) is 5.36. The van der Waals surface area contributed by atoms with E-state index in [1.165, 1.54) is 18.3 Å². The van der Waals surface area contributed by atoms with Crippen LogP contribution in [0.5, 0.6) is 5.75 Å². The van der Waals surface area contributed by atoms with Gasteiger partial charge in [-0.05, 0) is 49.8 Å². The molecule has 32 heavy (non-hydrogen) atoms. The summed E-state index contributed by atoms with van der Waals surface area (Å²) >= 11 is 0. The fourth-order valence-corrected chi connectivity index (χ4v) is 4.09. The van der Waals surface area contributed by atoms with Crippen LogP contribution in [0.4, 0.5) is 14.9 Å². The molecule has 1 fully saturated rings. The number of hydrogen-bond donors (Lipinski definition) is 2. The first kappa shape index (κ1) is 23.5. The zero-order valence-electron chi connectivity index (χ0n) is 18.7. The van der Waals surface area contributed by atoms with E-state index in [9.17, 15) is 14.0 Å². The van der Waals surface area contributed by atoms with Gasteiger partial charge >= 0.3 is 6.03 Å². The van der Waals surface area contributed by atoms with Crippen molar-refractivity contribution in [2.75, 3.05) is 32.1 Å². The van der Waals surface area contributed by atoms with Gasteiger partial charge in [0, 0.05) is 37.6 Å². The van der Waals surface area contributed by atoms with Crippen LogP contribution < -0.4 is 15.4 Å². The number of anilines is 1. The van der Waals surface area contributed by atoms with Crippen LogP contribution in [0, 0.1) is 18.8 Å². The summed E-state index contributed by atoms with van der Waals surface area (Å²) in [5.74, 6) is 0.551. The third kappa shape index (κ3) is 6.42. The number of carbonyl (C=O) groups is 2. The fraction of sp³-hybridized carbons (Fsp3) is 0.458. The normalized spacial score (nSPS) is 15.5. The van der Waals surface area contributed by atoms with Crippen molar-refractivity contribution < 1.29 is 18.7 Å². The minimum atomic E-state index is -0.631. The molecule has 0 bridgehead atoms. The Morgan fingerprint density at radius 1 is 1.25 bits per heavy atom. The third-order valence-corrected chi connectivity index (χ3v) is 5.80. The molecular weight excluding hydrogens is 411 g/mol. The molecule has 172 valence electrons. The molecule has 0 saturated carbocycles. The summed E-state index contributed by atoms with van der Waals surface area (Å²) < 4.78 is 18.4. The minimum Gasteiger partial charge on any atom is -0.496 e. The Hall–Kier alpha value is -3.16. The van der Waals surface area contributed by atoms with E-state index in [-0.39, 0.29) is 11.9 Å². The number of likely N-dealkylation sites (tertiary alicyclic amines) is 1. The molecule has 7 nitrogen and oxygen atoms in total. The topological polar surface area (TPSA) is 83.6 Å². The van der Waals surface area contributed by atoms with Crippen LogP contribution in [0.2, 0.25) is 0 Å². The zero-order valence-corrected chi connectivity index (χ0v) is 18.7. The Morgan fingerprint density at radius 2 is 2.09 bits per heavy atom. The maximum absolute atomic E-state index is 13.0. The van der Waals surface area contributed by atoms with Gasteiger partial charge in [0.2, 0.25) is 5.95 Å². The van der Waals surface area contributed by atoms with Gasteiger partial charge < -0.3 is 20.3 Å². The van der Waals surface area contributed by atoms with Crippen molar-refractivity contribution in [3.8, 4) is 5.75 Å². The number of methoxy groups -OCH3 is 1. The van der Waals surface area contributed by atoms with Crippen LogP contribution in [0.15, 0.2) is 36.5 Å². The number of rotatable bonds is 9. The first-order chi connectivity index (χ1) is 15.5. The van der Waals surface area contributed by atoms with Gasteiger partial charge in [-0.15, -0.1) is 0 Å². The highest BCUT2D eigenvalue weighted by Crippen LogP contribution is 2.28. The van der Waals surface area contributed by atoms with Crippen molar-refractivity contribution in [2.45, 2.75) is 39.0 Å². The lowest BCUT2D eigenvalue weighted by Crippen LogP contribution is -2.30. The summed E-state index contributed by atoms with van der Waals surface area (Å²) in [4.78, 5) is 30.2. The summed E-state index contributed by atoms with van der Waals surface area (Å²) in [6.07, 6.45) is 6.31. The molecule has 2 heterocycles. The molecular formula is C24H31FN4O3. The predicted octanol–water partition coefficient (Wildman–Crippen LogP) is 4.38. The van der Waals surface area contributed by atoms with Gasteiger partial charge in [-0.2, -0.15) is 4.39 Å². The van der Waals surface area contributed by atoms with E-state index in [2.05, 4.69) is 15.6 Å². The lowest BCUT2D eigenvalue weighted by atomic mass is 10.0. The summed E-state index contributed by atoms with van der Waals surface area (Å²) in [5.41, 5.74) is 1.97. The van der Waals surface area contributed by atoms with E-state index in [1.807, 2.05) is 30.0 Å². The Bertz CT molecular complexity index is 937. The minimum absolute atomic E-state index is 0.0479. The zero-order chi connectivity index (χ0) is 22.9. The maximum Gasteiger partial charge on any atom is 0.319 e. The van der Waals surface area contributed by atoms with Crippen LogP contribution in [0.1, 0.15) is 48.0 Å². The molecule has 1 aliphatic heterocycles. The number of nitrogens with one attached hydrogen (secondary N) is 2. The van der Waals surface area contributed by atoms with Crippen LogP contribution >= 0.6 is 0 Å². The number of aromatic nitrogens is 1. The first-order valence-corrected chi connectivity index (χ1v) is 11.1. The lowest BCUT2D eigenvalue weighted by Gasteiger charge is -2.19. The van der Waals surface area contributed by atoms with Gasteiger partial charge in [-0.1, -0.05) is 25.0 Å². The van der Waals surface area contributed by atoms with E-state index >= 15 is 0 Å². The van der Waals surface area contributed by atoms with Crippen molar-refractivity contribution in [1.82, 2.24) is 15.2 Å². The Morgan fingerprint density at radius 3 is 2.88 bits per heavy atom. The molecule has 0 aliphatic carbocycles. The second kappa shape index (κ2) is 11.5. The van der Waals surface area contributed by atoms with Gasteiger partial charge in [0.25, 0.3) is 5.91 Å². The molecule has 8 heteroatoms. The number of ether oxygens (including phenoxy) is 1. The molecule has 2 aromatic rings. The van der Waals surface area contributed by atoms with Gasteiger partial charge in [0.1, 0.15) is 5.75 Å². The maximum atomic E-state index is 13.0. The number of aryl methyl sites for hydroxylation is 1. The number of unbranched alkanes of at least 4 members (excludes halogenated alkanes) is 2. The van der Waals surface area contributed by atoms with E-state index < -0.39 is 5.95 Å². The van der Waals surface area contributed by atoms with Gasteiger partial charge in [-0.3, -0.25) is 4.79 Å². The fourth-order valence-electron chi connectivity index (χ4n) is 4.09. The SMILES string of the molecule is COc1cccc(C)c1C(=O)N1CCC(CCCCCNC(=O)Nc2ccnc(F)c2)C1. The van der Waals surface area contributed by atoms with E-state index in [0.717, 1.165) is 50.8 Å². The smallest absolute Gasteiger partial charge is 0.319 e. The molecule has 0 radical (unpaired) electrons. The number of hydrogen-bond acceptors (Lipinski definition) is 4. The number of carbonyl (C=O) groups excluding carboxylic acids is 2. The van der Waals surface area contributed by atoms with Crippen molar-refractivity contribution in [3.63, 3.8) is 0 Å². The van der Waals surface area contributed by atoms with E-state index in [1.54, 1.807) is 7.11 Å². The van der Waals surface area contributed by atoms with Crippen molar-refractivity contribution in [3.05, 3.63) is 53.6 Å². The average Bonchev–Trinajstić information content (AvgIpc) is 3.24. The number of halogens is 1. The number of amides is 3. The van der Waals surface area contributed by atoms with Crippen molar-refractivity contribution >= 4 is 17.6 Å². The van der Waals surface area contributed by atoms with Crippen LogP contribution in [-0.4, -0.2) is 48.6 Å². The average molecular weight is 443 g/mol. The van der Waals surface area contributed by atoms with Gasteiger partial charge in [0.15, 0.2) is 0 Å². The Kier molecular flexibility index (Phi) is 8.41. The highest BCUT2D eigenvalue weighted by atomic mass is 19.1.